The Morgan fingerprint density at radius 1 is 1.17 bits per heavy atom. The topological polar surface area (TPSA) is 89.0 Å². The Bertz CT molecular complexity index is 608. The molecule has 8 heteroatoms. The highest BCUT2D eigenvalue weighted by Gasteiger charge is 2.09. The minimum Gasteiger partial charge on any atom is -0.507 e. The van der Waals surface area contributed by atoms with Crippen molar-refractivity contribution >= 4 is 35.8 Å². The molecule has 7 nitrogen and oxygen atoms in total. The number of nitrogens with zero attached hydrogens (tertiary/aromatic N) is 2. The minimum absolute atomic E-state index is 0. The first-order valence-electron chi connectivity index (χ1n) is 10.3. The molecular formula is C21H38IN5O2. The number of rotatable bonds is 12. The van der Waals surface area contributed by atoms with Gasteiger partial charge >= 0.3 is 0 Å². The average molecular weight is 519 g/mol. The summed E-state index contributed by atoms with van der Waals surface area (Å²) in [5, 5.41) is 19.2. The van der Waals surface area contributed by atoms with Crippen LogP contribution in [-0.2, 0) is 0 Å². The Balaban J connectivity index is 0.00000784. The van der Waals surface area contributed by atoms with Gasteiger partial charge in [0.15, 0.2) is 5.96 Å². The summed E-state index contributed by atoms with van der Waals surface area (Å²) in [6.07, 6.45) is 2.22. The third-order valence-electron chi connectivity index (χ3n) is 4.55. The average Bonchev–Trinajstić information content (AvgIpc) is 2.68. The molecule has 166 valence electrons. The predicted octanol–water partition coefficient (Wildman–Crippen LogP) is 2.81. The Morgan fingerprint density at radius 2 is 1.86 bits per heavy atom. The third-order valence-corrected chi connectivity index (χ3v) is 4.55. The Morgan fingerprint density at radius 3 is 2.48 bits per heavy atom. The molecular weight excluding hydrogens is 481 g/mol. The van der Waals surface area contributed by atoms with Crippen LogP contribution in [0.3, 0.4) is 0 Å². The summed E-state index contributed by atoms with van der Waals surface area (Å²) in [7, 11) is 0. The van der Waals surface area contributed by atoms with Crippen LogP contribution in [0.4, 0.5) is 0 Å². The van der Waals surface area contributed by atoms with E-state index in [1.165, 1.54) is 6.07 Å². The number of para-hydroxylation sites is 1. The Labute approximate surface area is 192 Å². The fraction of sp³-hybridized carbons (Fsp3) is 0.619. The zero-order valence-electron chi connectivity index (χ0n) is 18.2. The molecule has 0 aromatic heterocycles. The smallest absolute Gasteiger partial charge is 0.255 e. The lowest BCUT2D eigenvalue weighted by atomic mass is 10.2. The number of benzene rings is 1. The lowest BCUT2D eigenvalue weighted by Crippen LogP contribution is -2.43. The molecule has 0 radical (unpaired) electrons. The number of carbonyl (C=O) groups is 1. The van der Waals surface area contributed by atoms with Gasteiger partial charge in [0, 0.05) is 19.1 Å². The van der Waals surface area contributed by atoms with Crippen molar-refractivity contribution in [2.75, 3.05) is 39.3 Å². The summed E-state index contributed by atoms with van der Waals surface area (Å²) in [6, 6.07) is 6.83. The maximum Gasteiger partial charge on any atom is 0.255 e. The number of carbonyl (C=O) groups excluding carboxylic acids is 1. The first kappa shape index (κ1) is 27.5. The van der Waals surface area contributed by atoms with Crippen molar-refractivity contribution in [1.82, 2.24) is 20.9 Å². The quantitative estimate of drug-likeness (QED) is 0.148. The molecule has 1 rings (SSSR count). The molecule has 1 unspecified atom stereocenters. The van der Waals surface area contributed by atoms with E-state index in [0.29, 0.717) is 19.1 Å². The summed E-state index contributed by atoms with van der Waals surface area (Å²) in [6.45, 7) is 13.5. The normalized spacial score (nSPS) is 12.2. The van der Waals surface area contributed by atoms with E-state index in [0.717, 1.165) is 45.0 Å². The molecule has 29 heavy (non-hydrogen) atoms. The van der Waals surface area contributed by atoms with Crippen molar-refractivity contribution in [1.29, 1.82) is 0 Å². The lowest BCUT2D eigenvalue weighted by molar-refractivity contribution is 0.0952. The van der Waals surface area contributed by atoms with Crippen LogP contribution in [0.1, 0.15) is 50.9 Å². The molecule has 1 amide bonds. The number of guanidine groups is 1. The van der Waals surface area contributed by atoms with Gasteiger partial charge < -0.3 is 26.0 Å². The first-order chi connectivity index (χ1) is 13.5. The summed E-state index contributed by atoms with van der Waals surface area (Å²) >= 11 is 0. The zero-order valence-corrected chi connectivity index (χ0v) is 20.5. The molecule has 1 atom stereocenters. The molecule has 0 aliphatic rings. The van der Waals surface area contributed by atoms with Crippen molar-refractivity contribution in [3.8, 4) is 5.75 Å². The largest absolute Gasteiger partial charge is 0.507 e. The number of hydrogen-bond donors (Lipinski definition) is 4. The molecule has 0 aliphatic carbocycles. The molecule has 0 spiro atoms. The van der Waals surface area contributed by atoms with Crippen molar-refractivity contribution in [3.63, 3.8) is 0 Å². The van der Waals surface area contributed by atoms with Crippen molar-refractivity contribution in [2.45, 2.75) is 46.6 Å². The van der Waals surface area contributed by atoms with E-state index in [4.69, 9.17) is 0 Å². The minimum atomic E-state index is -0.295. The highest BCUT2D eigenvalue weighted by Crippen LogP contribution is 2.14. The Hall–Kier alpha value is -1.55. The fourth-order valence-corrected chi connectivity index (χ4v) is 2.88. The number of hydrogen-bond acceptors (Lipinski definition) is 4. The molecule has 0 heterocycles. The second kappa shape index (κ2) is 16.3. The number of nitrogens with one attached hydrogen (secondary N) is 3. The molecule has 1 aromatic carbocycles. The molecule has 1 aromatic rings. The number of aliphatic imine (C=N–C) groups is 1. The second-order valence-electron chi connectivity index (χ2n) is 6.75. The summed E-state index contributed by atoms with van der Waals surface area (Å²) in [5.41, 5.74) is 0.276. The molecule has 0 fully saturated rings. The highest BCUT2D eigenvalue weighted by molar-refractivity contribution is 14.0. The highest BCUT2D eigenvalue weighted by atomic mass is 127. The summed E-state index contributed by atoms with van der Waals surface area (Å²) < 4.78 is 0. The van der Waals surface area contributed by atoms with Gasteiger partial charge in [-0.25, -0.2) is 0 Å². The third kappa shape index (κ3) is 11.3. The van der Waals surface area contributed by atoms with E-state index in [9.17, 15) is 9.90 Å². The zero-order chi connectivity index (χ0) is 20.8. The fourth-order valence-electron chi connectivity index (χ4n) is 2.88. The summed E-state index contributed by atoms with van der Waals surface area (Å²) in [5.74, 6) is 0.447. The molecule has 0 bridgehead atoms. The van der Waals surface area contributed by atoms with E-state index in [1.54, 1.807) is 18.2 Å². The maximum atomic E-state index is 12.1. The predicted molar refractivity (Wildman–Crippen MR) is 131 cm³/mol. The number of phenolic OH excluding ortho intramolecular Hbond substituents is 1. The van der Waals surface area contributed by atoms with Gasteiger partial charge in [0.05, 0.1) is 12.1 Å². The number of halogens is 1. The van der Waals surface area contributed by atoms with Crippen LogP contribution in [0.15, 0.2) is 29.3 Å². The van der Waals surface area contributed by atoms with Crippen LogP contribution in [0.2, 0.25) is 0 Å². The van der Waals surface area contributed by atoms with E-state index in [1.807, 2.05) is 6.92 Å². The van der Waals surface area contributed by atoms with E-state index < -0.39 is 0 Å². The molecule has 4 N–H and O–H groups in total. The first-order valence-corrected chi connectivity index (χ1v) is 10.3. The lowest BCUT2D eigenvalue weighted by Gasteiger charge is -2.21. The number of amides is 1. The van der Waals surface area contributed by atoms with E-state index >= 15 is 0 Å². The van der Waals surface area contributed by atoms with Crippen LogP contribution < -0.4 is 16.0 Å². The van der Waals surface area contributed by atoms with Crippen LogP contribution in [-0.4, -0.2) is 67.2 Å². The van der Waals surface area contributed by atoms with Crippen molar-refractivity contribution < 1.29 is 9.90 Å². The van der Waals surface area contributed by atoms with Crippen molar-refractivity contribution in [3.05, 3.63) is 29.8 Å². The molecule has 0 aliphatic heterocycles. The van der Waals surface area contributed by atoms with Gasteiger partial charge in [0.2, 0.25) is 0 Å². The molecule has 0 saturated heterocycles. The van der Waals surface area contributed by atoms with Gasteiger partial charge in [0.25, 0.3) is 5.91 Å². The van der Waals surface area contributed by atoms with Gasteiger partial charge in [-0.1, -0.05) is 26.0 Å². The van der Waals surface area contributed by atoms with E-state index in [2.05, 4.69) is 46.6 Å². The van der Waals surface area contributed by atoms with Crippen LogP contribution >= 0.6 is 24.0 Å². The second-order valence-corrected chi connectivity index (χ2v) is 6.75. The van der Waals surface area contributed by atoms with Crippen LogP contribution in [0, 0.1) is 0 Å². The monoisotopic (exact) mass is 519 g/mol. The maximum absolute atomic E-state index is 12.1. The Kier molecular flexibility index (Phi) is 15.4. The van der Waals surface area contributed by atoms with Crippen LogP contribution in [0.5, 0.6) is 5.75 Å². The van der Waals surface area contributed by atoms with Gasteiger partial charge in [-0.2, -0.15) is 0 Å². The van der Waals surface area contributed by atoms with Crippen LogP contribution in [0.25, 0.3) is 0 Å². The standard InChI is InChI=1S/C21H37N5O2.HI/c1-5-22-21(25-17(4)11-10-16-26(6-2)7-3)24-15-14-23-20(28)18-12-8-9-13-19(18)27;/h8-9,12-13,17,27H,5-7,10-11,14-16H2,1-4H3,(H,23,28)(H2,22,24,25);1H. The summed E-state index contributed by atoms with van der Waals surface area (Å²) in [4.78, 5) is 19.0. The van der Waals surface area contributed by atoms with Gasteiger partial charge in [0.1, 0.15) is 5.75 Å². The number of aromatic hydroxyl groups is 1. The number of phenols is 1. The molecule has 0 saturated carbocycles. The van der Waals surface area contributed by atoms with Gasteiger partial charge in [-0.3, -0.25) is 9.79 Å². The van der Waals surface area contributed by atoms with Gasteiger partial charge in [-0.15, -0.1) is 24.0 Å². The van der Waals surface area contributed by atoms with Gasteiger partial charge in [-0.05, 0) is 58.5 Å². The SMILES string of the molecule is CCNC(=NCCNC(=O)c1ccccc1O)NC(C)CCCN(CC)CC.I. The van der Waals surface area contributed by atoms with E-state index in [-0.39, 0.29) is 41.2 Å². The van der Waals surface area contributed by atoms with Crippen molar-refractivity contribution in [2.24, 2.45) is 4.99 Å².